The molecule has 0 radical (unpaired) electrons. The summed E-state index contributed by atoms with van der Waals surface area (Å²) in [6.45, 7) is 1.49. The molecule has 29 heavy (non-hydrogen) atoms. The third-order valence-electron chi connectivity index (χ3n) is 4.28. The number of carbonyl (C=O) groups excluding carboxylic acids is 2. The van der Waals surface area contributed by atoms with Crippen LogP contribution in [0.15, 0.2) is 21.5 Å². The average Bonchev–Trinajstić information content (AvgIpc) is 3.07. The summed E-state index contributed by atoms with van der Waals surface area (Å²) in [6.07, 6.45) is 0. The van der Waals surface area contributed by atoms with Crippen LogP contribution in [0.3, 0.4) is 0 Å². The van der Waals surface area contributed by atoms with Gasteiger partial charge in [0.25, 0.3) is 5.91 Å². The Morgan fingerprint density at radius 3 is 2.83 bits per heavy atom. The number of carbonyl (C=O) groups is 3. The summed E-state index contributed by atoms with van der Waals surface area (Å²) in [5.41, 5.74) is 6.38. The Balaban J connectivity index is 1.69. The molecule has 2 aliphatic heterocycles. The van der Waals surface area contributed by atoms with Gasteiger partial charge in [0, 0.05) is 24.4 Å². The first-order valence-electron chi connectivity index (χ1n) is 8.41. The van der Waals surface area contributed by atoms with Gasteiger partial charge in [0.15, 0.2) is 10.8 Å². The molecule has 4 N–H and O–H groups in total. The number of hydrogen-bond donors (Lipinski definition) is 3. The number of oxime groups is 1. The number of nitrogen functional groups attached to an aromatic ring is 1. The molecule has 2 aliphatic rings. The number of hydrogen-bond acceptors (Lipinski definition) is 11. The third kappa shape index (κ3) is 4.52. The van der Waals surface area contributed by atoms with Crippen molar-refractivity contribution in [1.82, 2.24) is 15.2 Å². The molecule has 1 fully saturated rings. The van der Waals surface area contributed by atoms with E-state index in [0.717, 1.165) is 0 Å². The van der Waals surface area contributed by atoms with E-state index in [1.807, 2.05) is 0 Å². The van der Waals surface area contributed by atoms with Crippen molar-refractivity contribution < 1.29 is 29.1 Å². The summed E-state index contributed by atoms with van der Waals surface area (Å²) < 4.78 is 4.94. The van der Waals surface area contributed by atoms with E-state index in [0.29, 0.717) is 22.9 Å². The molecule has 3 rings (SSSR count). The Morgan fingerprint density at radius 1 is 1.48 bits per heavy atom. The summed E-state index contributed by atoms with van der Waals surface area (Å²) in [5, 5.41) is 19.5. The van der Waals surface area contributed by atoms with Gasteiger partial charge in [-0.1, -0.05) is 5.16 Å². The maximum Gasteiger partial charge on any atom is 0.325 e. The van der Waals surface area contributed by atoms with Gasteiger partial charge in [-0.15, -0.1) is 23.1 Å². The molecule has 13 heteroatoms. The lowest BCUT2D eigenvalue weighted by atomic mass is 9.99. The normalized spacial score (nSPS) is 24.0. The summed E-state index contributed by atoms with van der Waals surface area (Å²) in [5.74, 6) is -2.02. The van der Waals surface area contributed by atoms with Crippen LogP contribution in [0.1, 0.15) is 12.6 Å². The van der Waals surface area contributed by atoms with Crippen LogP contribution in [-0.4, -0.2) is 76.3 Å². The number of thiazole rings is 1. The van der Waals surface area contributed by atoms with Crippen molar-refractivity contribution in [3.05, 3.63) is 22.1 Å². The maximum atomic E-state index is 12.7. The van der Waals surface area contributed by atoms with Crippen LogP contribution in [0.2, 0.25) is 0 Å². The van der Waals surface area contributed by atoms with Crippen molar-refractivity contribution in [2.24, 2.45) is 5.16 Å². The quantitative estimate of drug-likeness (QED) is 0.295. The van der Waals surface area contributed by atoms with Crippen molar-refractivity contribution >= 4 is 51.8 Å². The molecular formula is C16H19N5O6S2. The van der Waals surface area contributed by atoms with E-state index in [-0.39, 0.29) is 23.7 Å². The van der Waals surface area contributed by atoms with E-state index in [1.165, 1.54) is 37.1 Å². The molecule has 0 saturated carbocycles. The Hall–Kier alpha value is -2.64. The molecule has 1 unspecified atom stereocenters. The monoisotopic (exact) mass is 441 g/mol. The molecule has 1 aromatic heterocycles. The maximum absolute atomic E-state index is 12.7. The zero-order valence-corrected chi connectivity index (χ0v) is 17.2. The largest absolute Gasteiger partial charge is 0.480 e. The van der Waals surface area contributed by atoms with Gasteiger partial charge in [0.1, 0.15) is 25.5 Å². The summed E-state index contributed by atoms with van der Waals surface area (Å²) in [4.78, 5) is 45.9. The zero-order chi connectivity index (χ0) is 21.1. The molecule has 1 aromatic rings. The molecule has 3 atom stereocenters. The zero-order valence-electron chi connectivity index (χ0n) is 15.5. The highest BCUT2D eigenvalue weighted by Gasteiger charge is 2.50. The van der Waals surface area contributed by atoms with Crippen LogP contribution in [0.5, 0.6) is 0 Å². The summed E-state index contributed by atoms with van der Waals surface area (Å²) in [7, 11) is 1.32. The minimum atomic E-state index is -1.04. The lowest BCUT2D eigenvalue weighted by Gasteiger charge is -2.52. The molecule has 0 bridgehead atoms. The van der Waals surface area contributed by atoms with Crippen LogP contribution in [-0.2, 0) is 24.0 Å². The number of amides is 1. The van der Waals surface area contributed by atoms with Gasteiger partial charge >= 0.3 is 11.9 Å². The van der Waals surface area contributed by atoms with E-state index >= 15 is 0 Å². The SMILES string of the molecule is CO/N=C(/C(=O)N[C@@H]1CN2C(C(=O)O)C(COC(C)=O)=CS[C@H]12)c1csc(N)n1. The van der Waals surface area contributed by atoms with Crippen LogP contribution in [0, 0.1) is 0 Å². The van der Waals surface area contributed by atoms with E-state index in [9.17, 15) is 19.5 Å². The van der Waals surface area contributed by atoms with Crippen LogP contribution >= 0.6 is 23.1 Å². The number of fused-ring (bicyclic) bond motifs is 1. The molecule has 0 spiro atoms. The van der Waals surface area contributed by atoms with E-state index < -0.39 is 23.9 Å². The minimum absolute atomic E-state index is 0.0133. The fourth-order valence-corrected chi connectivity index (χ4v) is 4.79. The van der Waals surface area contributed by atoms with Gasteiger partial charge < -0.3 is 25.7 Å². The van der Waals surface area contributed by atoms with Crippen LogP contribution in [0.25, 0.3) is 0 Å². The number of esters is 1. The molecule has 0 aromatic carbocycles. The van der Waals surface area contributed by atoms with E-state index in [4.69, 9.17) is 15.3 Å². The summed E-state index contributed by atoms with van der Waals surface area (Å²) >= 11 is 2.53. The van der Waals surface area contributed by atoms with Crippen LogP contribution in [0.4, 0.5) is 5.13 Å². The number of rotatable bonds is 7. The highest BCUT2D eigenvalue weighted by Crippen LogP contribution is 2.39. The minimum Gasteiger partial charge on any atom is -0.480 e. The topological polar surface area (TPSA) is 156 Å². The second-order valence-electron chi connectivity index (χ2n) is 6.21. The number of aliphatic carboxylic acids is 1. The molecule has 3 heterocycles. The highest BCUT2D eigenvalue weighted by molar-refractivity contribution is 8.02. The summed E-state index contributed by atoms with van der Waals surface area (Å²) in [6, 6.07) is -1.22. The van der Waals surface area contributed by atoms with Gasteiger partial charge in [0.05, 0.1) is 11.4 Å². The number of nitrogens with two attached hydrogens (primary N) is 1. The lowest BCUT2D eigenvalue weighted by Crippen LogP contribution is -2.70. The molecule has 1 saturated heterocycles. The molecule has 1 amide bonds. The van der Waals surface area contributed by atoms with Crippen LogP contribution < -0.4 is 11.1 Å². The van der Waals surface area contributed by atoms with Gasteiger partial charge in [-0.3, -0.25) is 19.3 Å². The first-order valence-corrected chi connectivity index (χ1v) is 10.2. The predicted octanol–water partition coefficient (Wildman–Crippen LogP) is -0.151. The molecule has 156 valence electrons. The first kappa shape index (κ1) is 21.1. The van der Waals surface area contributed by atoms with Crippen molar-refractivity contribution in [3.8, 4) is 0 Å². The van der Waals surface area contributed by atoms with Crippen molar-refractivity contribution in [2.75, 3.05) is 26.0 Å². The van der Waals surface area contributed by atoms with Crippen molar-refractivity contribution in [2.45, 2.75) is 24.4 Å². The first-order chi connectivity index (χ1) is 13.8. The Labute approximate surface area is 173 Å². The Morgan fingerprint density at radius 2 is 2.24 bits per heavy atom. The average molecular weight is 441 g/mol. The van der Waals surface area contributed by atoms with Gasteiger partial charge in [-0.2, -0.15) is 0 Å². The highest BCUT2D eigenvalue weighted by atomic mass is 32.2. The standard InChI is InChI=1S/C16H19N5O6S2/c1-7(22)27-4-8-5-28-14-9(3-21(14)12(8)15(24)25)18-13(23)11(20-26-2)10-6-29-16(17)19-10/h5-6,9,12,14H,3-4H2,1-2H3,(H2,17,19)(H,18,23)(H,24,25)/b20-11+/t9-,12?,14-/m1/s1. The fourth-order valence-electron chi connectivity index (χ4n) is 3.02. The smallest absolute Gasteiger partial charge is 0.325 e. The number of nitrogens with zero attached hydrogens (tertiary/aromatic N) is 3. The predicted molar refractivity (Wildman–Crippen MR) is 106 cm³/mol. The number of nitrogens with one attached hydrogen (secondary N) is 1. The number of carboxylic acid groups (broad SMARTS) is 1. The second-order valence-corrected chi connectivity index (χ2v) is 8.09. The number of thioether (sulfide) groups is 1. The van der Waals surface area contributed by atoms with Crippen molar-refractivity contribution in [1.29, 1.82) is 0 Å². The lowest BCUT2D eigenvalue weighted by molar-refractivity contribution is -0.147. The second kappa shape index (κ2) is 8.80. The number of aromatic nitrogens is 1. The molecular weight excluding hydrogens is 422 g/mol. The molecule has 11 nitrogen and oxygen atoms in total. The third-order valence-corrected chi connectivity index (χ3v) is 6.27. The fraction of sp³-hybridized carbons (Fsp3) is 0.438. The number of ether oxygens (including phenoxy) is 1. The van der Waals surface area contributed by atoms with E-state index in [1.54, 1.807) is 15.7 Å². The molecule has 0 aliphatic carbocycles. The Kier molecular flexibility index (Phi) is 6.39. The van der Waals surface area contributed by atoms with Gasteiger partial charge in [-0.05, 0) is 5.41 Å². The number of carboxylic acids is 1. The van der Waals surface area contributed by atoms with Gasteiger partial charge in [-0.25, -0.2) is 4.98 Å². The Bertz CT molecular complexity index is 885. The van der Waals surface area contributed by atoms with E-state index in [2.05, 4.69) is 15.5 Å². The van der Waals surface area contributed by atoms with Crippen molar-refractivity contribution in [3.63, 3.8) is 0 Å². The number of anilines is 1. The van der Waals surface area contributed by atoms with Gasteiger partial charge in [0.2, 0.25) is 0 Å².